The predicted octanol–water partition coefficient (Wildman–Crippen LogP) is 4.76. The van der Waals surface area contributed by atoms with Gasteiger partial charge in [-0.25, -0.2) is 4.79 Å². The maximum absolute atomic E-state index is 10.7. The van der Waals surface area contributed by atoms with E-state index >= 15 is 0 Å². The summed E-state index contributed by atoms with van der Waals surface area (Å²) in [6, 6.07) is 12.0. The Bertz CT molecular complexity index is 283. The van der Waals surface area contributed by atoms with Gasteiger partial charge < -0.3 is 10.1 Å². The fourth-order valence-corrected chi connectivity index (χ4v) is 0.946. The van der Waals surface area contributed by atoms with Gasteiger partial charge in [-0.3, -0.25) is 0 Å². The molecule has 0 heterocycles. The van der Waals surface area contributed by atoms with Crippen molar-refractivity contribution >= 4 is 6.09 Å². The Morgan fingerprint density at radius 1 is 1.11 bits per heavy atom. The molecule has 0 saturated carbocycles. The van der Waals surface area contributed by atoms with Gasteiger partial charge in [0.1, 0.15) is 0 Å². The van der Waals surface area contributed by atoms with Gasteiger partial charge in [0, 0.05) is 6.54 Å². The zero-order chi connectivity index (χ0) is 14.9. The average molecular weight is 265 g/mol. The van der Waals surface area contributed by atoms with E-state index in [1.54, 1.807) is 6.92 Å². The first-order valence-corrected chi connectivity index (χ1v) is 6.78. The van der Waals surface area contributed by atoms with E-state index in [1.807, 2.05) is 50.2 Å². The van der Waals surface area contributed by atoms with E-state index in [4.69, 9.17) is 0 Å². The molecule has 1 aromatic carbocycles. The minimum atomic E-state index is -0.411. The van der Waals surface area contributed by atoms with Crippen molar-refractivity contribution in [3.05, 3.63) is 48.7 Å². The molecule has 0 saturated heterocycles. The van der Waals surface area contributed by atoms with Gasteiger partial charge in [0.2, 0.25) is 0 Å². The number of carbonyl (C=O) groups excluding carboxylic acids is 1. The Kier molecular flexibility index (Phi) is 16.7. The van der Waals surface area contributed by atoms with Crippen LogP contribution < -0.4 is 5.32 Å². The van der Waals surface area contributed by atoms with Gasteiger partial charge in [-0.1, -0.05) is 70.2 Å². The van der Waals surface area contributed by atoms with Crippen molar-refractivity contribution in [2.24, 2.45) is 0 Å². The van der Waals surface area contributed by atoms with Crippen molar-refractivity contribution < 1.29 is 9.53 Å². The van der Waals surface area contributed by atoms with E-state index in [-0.39, 0.29) is 0 Å². The Morgan fingerprint density at radius 2 is 1.53 bits per heavy atom. The number of rotatable bonds is 4. The molecule has 19 heavy (non-hydrogen) atoms. The lowest BCUT2D eigenvalue weighted by Crippen LogP contribution is -2.24. The fraction of sp³-hybridized carbons (Fsp3) is 0.438. The van der Waals surface area contributed by atoms with Crippen LogP contribution in [0.15, 0.2) is 48.7 Å². The van der Waals surface area contributed by atoms with Gasteiger partial charge in [0.25, 0.3) is 0 Å². The molecular formula is C16H27NO2. The van der Waals surface area contributed by atoms with Crippen LogP contribution in [-0.2, 0) is 4.74 Å². The van der Waals surface area contributed by atoms with Gasteiger partial charge in [-0.2, -0.15) is 0 Å². The zero-order valence-corrected chi connectivity index (χ0v) is 12.6. The highest BCUT2D eigenvalue weighted by Crippen LogP contribution is 1.90. The van der Waals surface area contributed by atoms with E-state index in [1.165, 1.54) is 0 Å². The van der Waals surface area contributed by atoms with Crippen LogP contribution >= 0.6 is 0 Å². The normalized spacial score (nSPS) is 8.00. The second kappa shape index (κ2) is 16.2. The second-order valence-corrected chi connectivity index (χ2v) is 3.53. The van der Waals surface area contributed by atoms with Crippen LogP contribution in [0.4, 0.5) is 4.79 Å². The van der Waals surface area contributed by atoms with Crippen molar-refractivity contribution in [1.29, 1.82) is 0 Å². The Balaban J connectivity index is 0. The maximum Gasteiger partial charge on any atom is 0.412 e. The summed E-state index contributed by atoms with van der Waals surface area (Å²) in [5.41, 5.74) is 0. The molecule has 0 fully saturated rings. The molecule has 3 heteroatoms. The summed E-state index contributed by atoms with van der Waals surface area (Å²) in [5, 5.41) is 2.59. The summed E-state index contributed by atoms with van der Waals surface area (Å²) in [4.78, 5) is 10.7. The number of amides is 1. The molecular weight excluding hydrogens is 238 g/mol. The van der Waals surface area contributed by atoms with E-state index in [0.29, 0.717) is 12.3 Å². The average Bonchev–Trinajstić information content (AvgIpc) is 2.43. The number of hydrogen-bond donors (Lipinski definition) is 1. The molecule has 0 atom stereocenters. The van der Waals surface area contributed by atoms with Crippen LogP contribution in [-0.4, -0.2) is 12.6 Å². The lowest BCUT2D eigenvalue weighted by Gasteiger charge is -2.03. The third-order valence-electron chi connectivity index (χ3n) is 1.73. The van der Waals surface area contributed by atoms with Crippen LogP contribution in [0.2, 0.25) is 0 Å². The van der Waals surface area contributed by atoms with E-state index < -0.39 is 6.09 Å². The van der Waals surface area contributed by atoms with Crippen LogP contribution in [0.5, 0.6) is 0 Å². The quantitative estimate of drug-likeness (QED) is 0.629. The van der Waals surface area contributed by atoms with E-state index in [9.17, 15) is 4.79 Å². The number of hydrogen-bond acceptors (Lipinski definition) is 2. The van der Waals surface area contributed by atoms with Crippen LogP contribution in [0, 0.1) is 0 Å². The monoisotopic (exact) mass is 265 g/mol. The van der Waals surface area contributed by atoms with Crippen molar-refractivity contribution in [1.82, 2.24) is 5.32 Å². The van der Waals surface area contributed by atoms with E-state index in [0.717, 1.165) is 12.8 Å². The molecule has 1 N–H and O–H groups in total. The van der Waals surface area contributed by atoms with Gasteiger partial charge in [-0.15, -0.1) is 0 Å². The smallest absolute Gasteiger partial charge is 0.412 e. The third-order valence-corrected chi connectivity index (χ3v) is 1.73. The molecule has 0 aromatic heterocycles. The minimum Gasteiger partial charge on any atom is -0.416 e. The molecule has 108 valence electrons. The van der Waals surface area contributed by atoms with Gasteiger partial charge in [-0.05, 0) is 13.3 Å². The van der Waals surface area contributed by atoms with Crippen molar-refractivity contribution in [2.75, 3.05) is 6.54 Å². The first kappa shape index (κ1) is 19.6. The van der Waals surface area contributed by atoms with E-state index in [2.05, 4.69) is 23.6 Å². The minimum absolute atomic E-state index is 0.411. The summed E-state index contributed by atoms with van der Waals surface area (Å²) >= 11 is 0. The lowest BCUT2D eigenvalue weighted by molar-refractivity contribution is 0.176. The SMILES string of the molecule is C=C(C)OC(=O)NCCCC.CC.c1ccccc1. The number of benzene rings is 1. The molecule has 0 aliphatic heterocycles. The largest absolute Gasteiger partial charge is 0.416 e. The number of allylic oxidation sites excluding steroid dienone is 1. The molecule has 1 amide bonds. The topological polar surface area (TPSA) is 38.3 Å². The zero-order valence-electron chi connectivity index (χ0n) is 12.6. The molecule has 3 nitrogen and oxygen atoms in total. The van der Waals surface area contributed by atoms with Crippen LogP contribution in [0.3, 0.4) is 0 Å². The van der Waals surface area contributed by atoms with Gasteiger partial charge >= 0.3 is 6.09 Å². The molecule has 1 rings (SSSR count). The van der Waals surface area contributed by atoms with Crippen LogP contribution in [0.1, 0.15) is 40.5 Å². The number of alkyl carbamates (subject to hydrolysis) is 1. The summed E-state index contributed by atoms with van der Waals surface area (Å²) in [7, 11) is 0. The van der Waals surface area contributed by atoms with Gasteiger partial charge in [0.15, 0.2) is 0 Å². The number of nitrogens with one attached hydrogen (secondary N) is 1. The maximum atomic E-state index is 10.7. The van der Waals surface area contributed by atoms with Crippen molar-refractivity contribution in [2.45, 2.75) is 40.5 Å². The summed E-state index contributed by atoms with van der Waals surface area (Å²) in [6.45, 7) is 11.8. The Hall–Kier alpha value is -1.77. The van der Waals surface area contributed by atoms with Crippen LogP contribution in [0.25, 0.3) is 0 Å². The molecule has 1 aromatic rings. The number of carbonyl (C=O) groups is 1. The third kappa shape index (κ3) is 18.8. The molecule has 0 radical (unpaired) electrons. The highest BCUT2D eigenvalue weighted by molar-refractivity contribution is 5.68. The number of unbranched alkanes of at least 4 members (excludes halogenated alkanes) is 1. The first-order chi connectivity index (χ1) is 9.16. The molecule has 0 spiro atoms. The highest BCUT2D eigenvalue weighted by atomic mass is 16.6. The Morgan fingerprint density at radius 3 is 1.84 bits per heavy atom. The second-order valence-electron chi connectivity index (χ2n) is 3.53. The highest BCUT2D eigenvalue weighted by Gasteiger charge is 1.98. The fourth-order valence-electron chi connectivity index (χ4n) is 0.946. The lowest BCUT2D eigenvalue weighted by atomic mass is 10.3. The molecule has 0 bridgehead atoms. The standard InChI is InChI=1S/C8H15NO2.C6H6.C2H6/c1-4-5-6-9-8(10)11-7(2)3;1-2-4-6-5-3-1;1-2/h2,4-6H2,1,3H3,(H,9,10);1-6H;1-2H3. The predicted molar refractivity (Wildman–Crippen MR) is 82.0 cm³/mol. The number of ether oxygens (including phenoxy) is 1. The van der Waals surface area contributed by atoms with Gasteiger partial charge in [0.05, 0.1) is 5.76 Å². The van der Waals surface area contributed by atoms with Crippen molar-refractivity contribution in [3.63, 3.8) is 0 Å². The van der Waals surface area contributed by atoms with Crippen molar-refractivity contribution in [3.8, 4) is 0 Å². The molecule has 0 aliphatic rings. The summed E-state index contributed by atoms with van der Waals surface area (Å²) in [5.74, 6) is 0.416. The summed E-state index contributed by atoms with van der Waals surface area (Å²) in [6.07, 6.45) is 1.63. The Labute approximate surface area is 117 Å². The first-order valence-electron chi connectivity index (χ1n) is 6.78. The molecule has 0 unspecified atom stereocenters. The summed E-state index contributed by atoms with van der Waals surface area (Å²) < 4.78 is 4.65. The molecule has 0 aliphatic carbocycles.